The Hall–Kier alpha value is -4.26. The molecule has 0 unspecified atom stereocenters. The second kappa shape index (κ2) is 6.63. The largest absolute Gasteiger partial charge is 0.462 e. The normalized spacial score (nSPS) is 18.5. The molecule has 0 fully saturated rings. The Labute approximate surface area is 178 Å². The molecule has 2 aliphatic rings. The number of aliphatic imine (C=N–C) groups is 1. The number of rotatable bonds is 2. The fourth-order valence-electron chi connectivity index (χ4n) is 4.15. The summed E-state index contributed by atoms with van der Waals surface area (Å²) in [5.41, 5.74) is 10.7. The molecule has 0 aliphatic carbocycles. The Morgan fingerprint density at radius 3 is 2.39 bits per heavy atom. The molecule has 2 aliphatic heterocycles. The molecule has 150 valence electrons. The lowest BCUT2D eigenvalue weighted by Crippen LogP contribution is -2.31. The molecule has 1 spiro atoms. The van der Waals surface area contributed by atoms with Gasteiger partial charge in [-0.05, 0) is 23.8 Å². The number of benzene rings is 2. The van der Waals surface area contributed by atoms with Gasteiger partial charge < -0.3 is 15.2 Å². The third-order valence-electron chi connectivity index (χ3n) is 5.65. The van der Waals surface area contributed by atoms with Gasteiger partial charge in [0.05, 0.1) is 11.9 Å². The van der Waals surface area contributed by atoms with Crippen LogP contribution in [0, 0.1) is 0 Å². The molecular weight excluding hydrogens is 390 g/mol. The van der Waals surface area contributed by atoms with Crippen LogP contribution in [0.5, 0.6) is 11.5 Å². The number of pyridine rings is 1. The molecule has 0 saturated carbocycles. The average Bonchev–Trinajstić information content (AvgIpc) is 3.22. The highest BCUT2D eigenvalue weighted by Crippen LogP contribution is 2.52. The molecule has 0 bridgehead atoms. The van der Waals surface area contributed by atoms with Crippen molar-refractivity contribution in [2.24, 2.45) is 10.7 Å². The summed E-state index contributed by atoms with van der Waals surface area (Å²) in [5, 5.41) is 0. The van der Waals surface area contributed by atoms with Crippen molar-refractivity contribution in [3.8, 4) is 33.9 Å². The van der Waals surface area contributed by atoms with Crippen molar-refractivity contribution in [1.29, 1.82) is 0 Å². The van der Waals surface area contributed by atoms with Gasteiger partial charge in [0, 0.05) is 34.6 Å². The van der Waals surface area contributed by atoms with E-state index in [4.69, 9.17) is 20.2 Å². The SMILES string of the molecule is NC1=N[C@@]2(CO1)c1cc(-c3cncnc3)ccc1Oc1cnc(-c3ccccc3)cc12. The third-order valence-corrected chi connectivity index (χ3v) is 5.65. The second-order valence-corrected chi connectivity index (χ2v) is 7.47. The van der Waals surface area contributed by atoms with Gasteiger partial charge in [-0.3, -0.25) is 4.98 Å². The summed E-state index contributed by atoms with van der Waals surface area (Å²) in [7, 11) is 0. The van der Waals surface area contributed by atoms with Gasteiger partial charge in [-0.25, -0.2) is 15.0 Å². The Balaban J connectivity index is 1.56. The topological polar surface area (TPSA) is 95.5 Å². The van der Waals surface area contributed by atoms with Crippen LogP contribution in [0.2, 0.25) is 0 Å². The van der Waals surface area contributed by atoms with Gasteiger partial charge in [0.2, 0.25) is 0 Å². The summed E-state index contributed by atoms with van der Waals surface area (Å²) < 4.78 is 11.9. The highest BCUT2D eigenvalue weighted by molar-refractivity contribution is 5.78. The maximum Gasteiger partial charge on any atom is 0.283 e. The number of amidine groups is 1. The van der Waals surface area contributed by atoms with Crippen LogP contribution in [-0.4, -0.2) is 27.6 Å². The van der Waals surface area contributed by atoms with Crippen molar-refractivity contribution in [3.05, 3.63) is 90.6 Å². The lowest BCUT2D eigenvalue weighted by Gasteiger charge is -2.33. The van der Waals surface area contributed by atoms with Crippen LogP contribution in [0.1, 0.15) is 11.1 Å². The van der Waals surface area contributed by atoms with E-state index in [0.29, 0.717) is 11.5 Å². The van der Waals surface area contributed by atoms with Crippen molar-refractivity contribution in [2.45, 2.75) is 5.54 Å². The van der Waals surface area contributed by atoms with Crippen LogP contribution in [0.25, 0.3) is 22.4 Å². The fraction of sp³-hybridized carbons (Fsp3) is 0.0833. The van der Waals surface area contributed by atoms with Crippen molar-refractivity contribution < 1.29 is 9.47 Å². The van der Waals surface area contributed by atoms with Gasteiger partial charge in [-0.15, -0.1) is 0 Å². The molecule has 2 N–H and O–H groups in total. The van der Waals surface area contributed by atoms with E-state index in [1.54, 1.807) is 18.6 Å². The minimum Gasteiger partial charge on any atom is -0.462 e. The Bertz CT molecular complexity index is 1230. The van der Waals surface area contributed by atoms with Gasteiger partial charge >= 0.3 is 0 Å². The van der Waals surface area contributed by atoms with Crippen LogP contribution in [0.3, 0.4) is 0 Å². The number of aromatic nitrogens is 3. The van der Waals surface area contributed by atoms with Gasteiger partial charge in [0.1, 0.15) is 18.7 Å². The van der Waals surface area contributed by atoms with E-state index in [1.807, 2.05) is 54.6 Å². The van der Waals surface area contributed by atoms with E-state index in [2.05, 4.69) is 15.0 Å². The van der Waals surface area contributed by atoms with E-state index >= 15 is 0 Å². The van der Waals surface area contributed by atoms with Gasteiger partial charge in [-0.1, -0.05) is 36.4 Å². The molecule has 6 rings (SSSR count). The summed E-state index contributed by atoms with van der Waals surface area (Å²) in [6.45, 7) is 0.287. The molecule has 7 heteroatoms. The molecule has 0 amide bonds. The average molecular weight is 407 g/mol. The van der Waals surface area contributed by atoms with Crippen LogP contribution < -0.4 is 10.5 Å². The van der Waals surface area contributed by atoms with Crippen molar-refractivity contribution >= 4 is 6.02 Å². The third kappa shape index (κ3) is 2.74. The first-order valence-electron chi connectivity index (χ1n) is 9.85. The van der Waals surface area contributed by atoms with Crippen LogP contribution >= 0.6 is 0 Å². The predicted molar refractivity (Wildman–Crippen MR) is 116 cm³/mol. The molecule has 31 heavy (non-hydrogen) atoms. The molecule has 2 aromatic heterocycles. The molecule has 1 atom stereocenters. The van der Waals surface area contributed by atoms with Crippen LogP contribution in [0.4, 0.5) is 0 Å². The molecule has 2 aromatic carbocycles. The van der Waals surface area contributed by atoms with Crippen molar-refractivity contribution in [3.63, 3.8) is 0 Å². The van der Waals surface area contributed by atoms with Gasteiger partial charge in [0.25, 0.3) is 6.02 Å². The summed E-state index contributed by atoms with van der Waals surface area (Å²) in [6, 6.07) is 18.1. The first-order chi connectivity index (χ1) is 15.2. The maximum atomic E-state index is 6.22. The van der Waals surface area contributed by atoms with E-state index < -0.39 is 5.54 Å². The summed E-state index contributed by atoms with van der Waals surface area (Å²) in [5.74, 6) is 1.34. The van der Waals surface area contributed by atoms with Crippen molar-refractivity contribution in [1.82, 2.24) is 15.0 Å². The predicted octanol–water partition coefficient (Wildman–Crippen LogP) is 3.90. The molecule has 0 radical (unpaired) electrons. The molecule has 7 nitrogen and oxygen atoms in total. The zero-order valence-electron chi connectivity index (χ0n) is 16.4. The lowest BCUT2D eigenvalue weighted by atomic mass is 9.80. The molecule has 0 saturated heterocycles. The first kappa shape index (κ1) is 17.6. The minimum absolute atomic E-state index is 0.158. The number of ether oxygens (including phenoxy) is 2. The maximum absolute atomic E-state index is 6.22. The van der Waals surface area contributed by atoms with Gasteiger partial charge in [0.15, 0.2) is 11.3 Å². The van der Waals surface area contributed by atoms with Crippen LogP contribution in [-0.2, 0) is 10.3 Å². The van der Waals surface area contributed by atoms with E-state index in [-0.39, 0.29) is 12.6 Å². The number of hydrogen-bond donors (Lipinski definition) is 1. The summed E-state index contributed by atoms with van der Waals surface area (Å²) in [4.78, 5) is 17.6. The van der Waals surface area contributed by atoms with E-state index in [0.717, 1.165) is 33.5 Å². The van der Waals surface area contributed by atoms with Crippen molar-refractivity contribution in [2.75, 3.05) is 6.61 Å². The number of fused-ring (bicyclic) bond motifs is 4. The number of hydrogen-bond acceptors (Lipinski definition) is 7. The zero-order chi connectivity index (χ0) is 20.8. The van der Waals surface area contributed by atoms with E-state index in [1.165, 1.54) is 6.33 Å². The smallest absolute Gasteiger partial charge is 0.283 e. The zero-order valence-corrected chi connectivity index (χ0v) is 16.4. The number of nitrogens with zero attached hydrogens (tertiary/aromatic N) is 4. The first-order valence-corrected chi connectivity index (χ1v) is 9.85. The second-order valence-electron chi connectivity index (χ2n) is 7.47. The molecular formula is C24H17N5O2. The Morgan fingerprint density at radius 2 is 1.61 bits per heavy atom. The van der Waals surface area contributed by atoms with E-state index in [9.17, 15) is 0 Å². The standard InChI is InChI=1S/C24H17N5O2/c25-23-29-24(13-30-23)18-8-16(17-10-26-14-27-11-17)6-7-21(18)31-22-12-28-20(9-19(22)24)15-4-2-1-3-5-15/h1-12,14H,13H2,(H2,25,29)/t24-/m0/s1. The highest BCUT2D eigenvalue weighted by atomic mass is 16.5. The minimum atomic E-state index is -0.814. The highest BCUT2D eigenvalue weighted by Gasteiger charge is 2.47. The lowest BCUT2D eigenvalue weighted by molar-refractivity contribution is 0.264. The van der Waals surface area contributed by atoms with Gasteiger partial charge in [-0.2, -0.15) is 0 Å². The molecule has 4 heterocycles. The Kier molecular flexibility index (Phi) is 3.76. The summed E-state index contributed by atoms with van der Waals surface area (Å²) >= 11 is 0. The molecule has 4 aromatic rings. The summed E-state index contributed by atoms with van der Waals surface area (Å²) in [6.07, 6.45) is 6.81. The quantitative estimate of drug-likeness (QED) is 0.541. The number of nitrogens with two attached hydrogens (primary N) is 1. The Morgan fingerprint density at radius 1 is 0.806 bits per heavy atom. The monoisotopic (exact) mass is 407 g/mol. The fourth-order valence-corrected chi connectivity index (χ4v) is 4.15. The van der Waals surface area contributed by atoms with Crippen LogP contribution in [0.15, 0.2) is 84.5 Å².